The van der Waals surface area contributed by atoms with Gasteiger partial charge in [-0.15, -0.1) is 0 Å². The first kappa shape index (κ1) is 13.6. The molecule has 104 valence electrons. The standard InChI is InChI=1S/C13H14N4O3/c1-19-11-10(8-14-13(17-11)20-2)16-12(18)15-9-6-4-3-5-7-9/h3-8H,1-2H3,(H2,15,16,18). The normalized spacial score (nSPS) is 9.70. The van der Waals surface area contributed by atoms with E-state index in [1.54, 1.807) is 12.1 Å². The predicted octanol–water partition coefficient (Wildman–Crippen LogP) is 2.14. The molecular weight excluding hydrogens is 260 g/mol. The molecule has 0 aliphatic rings. The zero-order valence-corrected chi connectivity index (χ0v) is 11.1. The SMILES string of the molecule is COc1ncc(NC(=O)Nc2ccccc2)c(OC)n1. The van der Waals surface area contributed by atoms with Crippen LogP contribution in [0.25, 0.3) is 0 Å². The highest BCUT2D eigenvalue weighted by Gasteiger charge is 2.11. The number of nitrogens with zero attached hydrogens (tertiary/aromatic N) is 2. The lowest BCUT2D eigenvalue weighted by Crippen LogP contribution is -2.20. The number of anilines is 2. The van der Waals surface area contributed by atoms with Gasteiger partial charge in [0.1, 0.15) is 5.69 Å². The van der Waals surface area contributed by atoms with Gasteiger partial charge in [-0.05, 0) is 12.1 Å². The molecule has 1 heterocycles. The van der Waals surface area contributed by atoms with E-state index < -0.39 is 6.03 Å². The fourth-order valence-electron chi connectivity index (χ4n) is 1.50. The van der Waals surface area contributed by atoms with Crippen molar-refractivity contribution >= 4 is 17.4 Å². The van der Waals surface area contributed by atoms with Gasteiger partial charge in [-0.2, -0.15) is 4.98 Å². The number of carbonyl (C=O) groups is 1. The number of urea groups is 1. The second-order valence-corrected chi connectivity index (χ2v) is 3.72. The van der Waals surface area contributed by atoms with Crippen LogP contribution in [0.3, 0.4) is 0 Å². The zero-order valence-electron chi connectivity index (χ0n) is 11.1. The van der Waals surface area contributed by atoms with Crippen LogP contribution < -0.4 is 20.1 Å². The van der Waals surface area contributed by atoms with Crippen LogP contribution in [-0.4, -0.2) is 30.2 Å². The van der Waals surface area contributed by atoms with Crippen molar-refractivity contribution in [1.82, 2.24) is 9.97 Å². The molecule has 0 saturated heterocycles. The summed E-state index contributed by atoms with van der Waals surface area (Å²) in [4.78, 5) is 19.7. The average Bonchev–Trinajstić information content (AvgIpc) is 2.48. The minimum absolute atomic E-state index is 0.163. The Morgan fingerprint density at radius 1 is 1.10 bits per heavy atom. The highest BCUT2D eigenvalue weighted by atomic mass is 16.5. The Kier molecular flexibility index (Phi) is 4.33. The van der Waals surface area contributed by atoms with Gasteiger partial charge in [0.2, 0.25) is 5.88 Å². The molecule has 0 fully saturated rings. The molecule has 0 aliphatic heterocycles. The van der Waals surface area contributed by atoms with Gasteiger partial charge in [0.05, 0.1) is 20.4 Å². The van der Waals surface area contributed by atoms with E-state index in [2.05, 4.69) is 20.6 Å². The van der Waals surface area contributed by atoms with Crippen LogP contribution in [0.5, 0.6) is 11.9 Å². The molecule has 20 heavy (non-hydrogen) atoms. The summed E-state index contributed by atoms with van der Waals surface area (Å²) < 4.78 is 9.95. The van der Waals surface area contributed by atoms with E-state index in [-0.39, 0.29) is 11.9 Å². The molecule has 0 unspecified atom stereocenters. The van der Waals surface area contributed by atoms with Crippen LogP contribution in [0.1, 0.15) is 0 Å². The Balaban J connectivity index is 2.07. The molecule has 0 bridgehead atoms. The predicted molar refractivity (Wildman–Crippen MR) is 74.2 cm³/mol. The topological polar surface area (TPSA) is 85.4 Å². The number of rotatable bonds is 4. The Bertz CT molecular complexity index is 589. The van der Waals surface area contributed by atoms with Crippen LogP contribution in [0.2, 0.25) is 0 Å². The third-order valence-electron chi connectivity index (χ3n) is 2.39. The van der Waals surface area contributed by atoms with Crippen LogP contribution in [0, 0.1) is 0 Å². The monoisotopic (exact) mass is 274 g/mol. The number of amides is 2. The van der Waals surface area contributed by atoms with E-state index in [0.717, 1.165) is 0 Å². The average molecular weight is 274 g/mol. The summed E-state index contributed by atoms with van der Waals surface area (Å²) in [6, 6.07) is 8.82. The first-order chi connectivity index (χ1) is 9.72. The van der Waals surface area contributed by atoms with Gasteiger partial charge < -0.3 is 20.1 Å². The third kappa shape index (κ3) is 3.35. The number of aromatic nitrogens is 2. The van der Waals surface area contributed by atoms with Gasteiger partial charge in [-0.3, -0.25) is 0 Å². The van der Waals surface area contributed by atoms with E-state index in [4.69, 9.17) is 9.47 Å². The summed E-state index contributed by atoms with van der Waals surface area (Å²) in [5.41, 5.74) is 1.03. The fraction of sp³-hybridized carbons (Fsp3) is 0.154. The maximum atomic E-state index is 11.8. The van der Waals surface area contributed by atoms with E-state index in [0.29, 0.717) is 11.4 Å². The van der Waals surface area contributed by atoms with Crippen LogP contribution >= 0.6 is 0 Å². The van der Waals surface area contributed by atoms with Crippen LogP contribution in [0.15, 0.2) is 36.5 Å². The quantitative estimate of drug-likeness (QED) is 0.892. The number of hydrogen-bond donors (Lipinski definition) is 2. The maximum absolute atomic E-state index is 11.8. The molecule has 0 atom stereocenters. The molecule has 7 nitrogen and oxygen atoms in total. The van der Waals surface area contributed by atoms with E-state index in [9.17, 15) is 4.79 Å². The number of benzene rings is 1. The van der Waals surface area contributed by atoms with Crippen molar-refractivity contribution in [1.29, 1.82) is 0 Å². The molecule has 2 rings (SSSR count). The van der Waals surface area contributed by atoms with E-state index in [1.807, 2.05) is 18.2 Å². The lowest BCUT2D eigenvalue weighted by Gasteiger charge is -2.10. The largest absolute Gasteiger partial charge is 0.479 e. The lowest BCUT2D eigenvalue weighted by molar-refractivity contribution is 0.262. The number of carbonyl (C=O) groups excluding carboxylic acids is 1. The first-order valence-corrected chi connectivity index (χ1v) is 5.81. The molecule has 0 saturated carbocycles. The molecule has 2 amide bonds. The highest BCUT2D eigenvalue weighted by Crippen LogP contribution is 2.22. The Morgan fingerprint density at radius 3 is 2.50 bits per heavy atom. The second-order valence-electron chi connectivity index (χ2n) is 3.72. The molecule has 1 aromatic heterocycles. The summed E-state index contributed by atoms with van der Waals surface area (Å²) in [6.45, 7) is 0. The fourth-order valence-corrected chi connectivity index (χ4v) is 1.50. The van der Waals surface area contributed by atoms with Crippen molar-refractivity contribution in [3.8, 4) is 11.9 Å². The number of para-hydroxylation sites is 1. The zero-order chi connectivity index (χ0) is 14.4. The van der Waals surface area contributed by atoms with Crippen molar-refractivity contribution in [2.45, 2.75) is 0 Å². The number of nitrogens with one attached hydrogen (secondary N) is 2. The van der Waals surface area contributed by atoms with E-state index in [1.165, 1.54) is 20.4 Å². The Hall–Kier alpha value is -2.83. The number of hydrogen-bond acceptors (Lipinski definition) is 5. The Morgan fingerprint density at radius 2 is 1.85 bits per heavy atom. The molecule has 0 aliphatic carbocycles. The molecule has 7 heteroatoms. The van der Waals surface area contributed by atoms with Crippen molar-refractivity contribution in [2.75, 3.05) is 24.9 Å². The first-order valence-electron chi connectivity index (χ1n) is 5.81. The molecule has 0 spiro atoms. The number of methoxy groups -OCH3 is 2. The minimum atomic E-state index is -0.414. The summed E-state index contributed by atoms with van der Waals surface area (Å²) in [5, 5.41) is 5.28. The van der Waals surface area contributed by atoms with Crippen molar-refractivity contribution in [3.63, 3.8) is 0 Å². The van der Waals surface area contributed by atoms with Gasteiger partial charge in [0.25, 0.3) is 0 Å². The number of ether oxygens (including phenoxy) is 2. The summed E-state index contributed by atoms with van der Waals surface area (Å²) in [6.07, 6.45) is 1.41. The van der Waals surface area contributed by atoms with Gasteiger partial charge in [-0.1, -0.05) is 18.2 Å². The summed E-state index contributed by atoms with van der Waals surface area (Å²) in [5.74, 6) is 0.222. The van der Waals surface area contributed by atoms with Gasteiger partial charge in [0.15, 0.2) is 0 Å². The molecule has 2 aromatic rings. The maximum Gasteiger partial charge on any atom is 0.323 e. The molecule has 2 N–H and O–H groups in total. The van der Waals surface area contributed by atoms with Gasteiger partial charge in [-0.25, -0.2) is 9.78 Å². The van der Waals surface area contributed by atoms with Crippen LogP contribution in [0.4, 0.5) is 16.2 Å². The van der Waals surface area contributed by atoms with Gasteiger partial charge in [0, 0.05) is 5.69 Å². The third-order valence-corrected chi connectivity index (χ3v) is 2.39. The van der Waals surface area contributed by atoms with Crippen molar-refractivity contribution in [2.24, 2.45) is 0 Å². The highest BCUT2D eigenvalue weighted by molar-refractivity contribution is 6.00. The van der Waals surface area contributed by atoms with Crippen LogP contribution in [-0.2, 0) is 0 Å². The van der Waals surface area contributed by atoms with Gasteiger partial charge >= 0.3 is 12.0 Å². The molecule has 0 radical (unpaired) electrons. The molecule has 1 aromatic carbocycles. The molecular formula is C13H14N4O3. The smallest absolute Gasteiger partial charge is 0.323 e. The summed E-state index contributed by atoms with van der Waals surface area (Å²) in [7, 11) is 2.89. The second kappa shape index (κ2) is 6.37. The van der Waals surface area contributed by atoms with Crippen molar-refractivity contribution in [3.05, 3.63) is 36.5 Å². The van der Waals surface area contributed by atoms with Crippen molar-refractivity contribution < 1.29 is 14.3 Å². The Labute approximate surface area is 116 Å². The lowest BCUT2D eigenvalue weighted by atomic mass is 10.3. The summed E-state index contributed by atoms with van der Waals surface area (Å²) >= 11 is 0. The minimum Gasteiger partial charge on any atom is -0.479 e. The van der Waals surface area contributed by atoms with E-state index >= 15 is 0 Å².